The molecule has 0 bridgehead atoms. The Morgan fingerprint density at radius 3 is 2.75 bits per heavy atom. The molecule has 1 aliphatic rings. The quantitative estimate of drug-likeness (QED) is 0.550. The van der Waals surface area contributed by atoms with Crippen LogP contribution in [0.1, 0.15) is 30.9 Å². The molecular formula is C22H32N4OS. The van der Waals surface area contributed by atoms with Gasteiger partial charge in [0.15, 0.2) is 5.96 Å². The van der Waals surface area contributed by atoms with Crippen molar-refractivity contribution in [1.82, 2.24) is 15.5 Å². The summed E-state index contributed by atoms with van der Waals surface area (Å²) in [5, 5.41) is 11.4. The monoisotopic (exact) mass is 400 g/mol. The second-order valence-electron chi connectivity index (χ2n) is 7.47. The van der Waals surface area contributed by atoms with Crippen LogP contribution in [0.2, 0.25) is 0 Å². The Balaban J connectivity index is 1.38. The number of thiophene rings is 1. The Bertz CT molecular complexity index is 739. The average Bonchev–Trinajstić information content (AvgIpc) is 3.21. The molecule has 2 heterocycles. The van der Waals surface area contributed by atoms with Crippen LogP contribution >= 0.6 is 11.3 Å². The molecule has 0 amide bonds. The van der Waals surface area contributed by atoms with E-state index in [4.69, 9.17) is 4.74 Å². The number of para-hydroxylation sites is 1. The predicted molar refractivity (Wildman–Crippen MR) is 118 cm³/mol. The van der Waals surface area contributed by atoms with Gasteiger partial charge in [-0.3, -0.25) is 9.89 Å². The van der Waals surface area contributed by atoms with E-state index in [0.717, 1.165) is 49.7 Å². The normalized spacial score (nSPS) is 17.3. The first-order valence-electron chi connectivity index (χ1n) is 10.1. The van der Waals surface area contributed by atoms with Gasteiger partial charge in [-0.1, -0.05) is 18.2 Å². The van der Waals surface area contributed by atoms with Gasteiger partial charge < -0.3 is 15.4 Å². The number of benzene rings is 1. The lowest BCUT2D eigenvalue weighted by Crippen LogP contribution is -2.49. The fraction of sp³-hybridized carbons (Fsp3) is 0.500. The van der Waals surface area contributed by atoms with Crippen molar-refractivity contribution >= 4 is 17.3 Å². The van der Waals surface area contributed by atoms with Crippen molar-refractivity contribution < 1.29 is 4.74 Å². The molecular weight excluding hydrogens is 368 g/mol. The highest BCUT2D eigenvalue weighted by Crippen LogP contribution is 2.18. The molecule has 1 unspecified atom stereocenters. The molecule has 5 nitrogen and oxygen atoms in total. The number of ether oxygens (including phenoxy) is 1. The van der Waals surface area contributed by atoms with Crippen LogP contribution in [-0.2, 0) is 6.54 Å². The van der Waals surface area contributed by atoms with Crippen molar-refractivity contribution in [3.8, 4) is 5.75 Å². The van der Waals surface area contributed by atoms with Crippen molar-refractivity contribution in [2.75, 3.05) is 26.7 Å². The summed E-state index contributed by atoms with van der Waals surface area (Å²) in [6.07, 6.45) is 2.34. The van der Waals surface area contributed by atoms with Crippen LogP contribution in [0, 0.1) is 6.92 Å². The molecule has 1 aromatic carbocycles. The van der Waals surface area contributed by atoms with Crippen molar-refractivity contribution in [2.45, 2.75) is 45.4 Å². The van der Waals surface area contributed by atoms with Gasteiger partial charge in [-0.05, 0) is 60.7 Å². The van der Waals surface area contributed by atoms with E-state index in [2.05, 4.69) is 57.3 Å². The fourth-order valence-corrected chi connectivity index (χ4v) is 4.11. The van der Waals surface area contributed by atoms with Gasteiger partial charge >= 0.3 is 0 Å². The number of nitrogens with one attached hydrogen (secondary N) is 2. The van der Waals surface area contributed by atoms with E-state index >= 15 is 0 Å². The fourth-order valence-electron chi connectivity index (χ4n) is 3.45. The maximum Gasteiger partial charge on any atom is 0.191 e. The summed E-state index contributed by atoms with van der Waals surface area (Å²) in [7, 11) is 1.83. The van der Waals surface area contributed by atoms with E-state index < -0.39 is 0 Å². The number of guanidine groups is 1. The zero-order chi connectivity index (χ0) is 19.8. The molecule has 0 aliphatic carbocycles. The standard InChI is InChI=1S/C22H32N4OS/c1-17-6-4-5-7-21(17)27-18(2)14-24-22(23-3)25-20-8-11-26(12-9-20)15-19-10-13-28-16-19/h4-7,10,13,16,18,20H,8-9,11-12,14-15H2,1-3H3,(H2,23,24,25). The van der Waals surface area contributed by atoms with Crippen molar-refractivity contribution in [3.05, 3.63) is 52.2 Å². The molecule has 0 radical (unpaired) electrons. The second kappa shape index (κ2) is 10.5. The first kappa shape index (κ1) is 20.7. The van der Waals surface area contributed by atoms with Crippen LogP contribution in [-0.4, -0.2) is 49.7 Å². The third-order valence-electron chi connectivity index (χ3n) is 5.12. The van der Waals surface area contributed by atoms with Crippen molar-refractivity contribution in [1.29, 1.82) is 0 Å². The van der Waals surface area contributed by atoms with Gasteiger partial charge in [-0.2, -0.15) is 11.3 Å². The van der Waals surface area contributed by atoms with Crippen LogP contribution < -0.4 is 15.4 Å². The summed E-state index contributed by atoms with van der Waals surface area (Å²) in [6, 6.07) is 10.8. The maximum atomic E-state index is 6.04. The number of nitrogens with zero attached hydrogens (tertiary/aromatic N) is 2. The molecule has 152 valence electrons. The molecule has 1 aromatic heterocycles. The SMILES string of the molecule is CN=C(NCC(C)Oc1ccccc1C)NC1CCN(Cc2ccsc2)CC1. The van der Waals surface area contributed by atoms with Crippen LogP contribution in [0.4, 0.5) is 0 Å². The minimum absolute atomic E-state index is 0.0621. The second-order valence-corrected chi connectivity index (χ2v) is 8.25. The summed E-state index contributed by atoms with van der Waals surface area (Å²) >= 11 is 1.78. The summed E-state index contributed by atoms with van der Waals surface area (Å²) in [4.78, 5) is 6.92. The van der Waals surface area contributed by atoms with E-state index in [-0.39, 0.29) is 6.10 Å². The number of hydrogen-bond acceptors (Lipinski definition) is 4. The number of aliphatic imine (C=N–C) groups is 1. The molecule has 1 atom stereocenters. The van der Waals surface area contributed by atoms with Crippen molar-refractivity contribution in [2.24, 2.45) is 4.99 Å². The summed E-state index contributed by atoms with van der Waals surface area (Å²) < 4.78 is 6.04. The molecule has 2 N–H and O–H groups in total. The minimum Gasteiger partial charge on any atom is -0.489 e. The molecule has 0 spiro atoms. The first-order valence-corrected chi connectivity index (χ1v) is 11.0. The molecule has 3 rings (SSSR count). The van der Waals surface area contributed by atoms with Crippen LogP contribution in [0.3, 0.4) is 0 Å². The Hall–Kier alpha value is -2.05. The number of rotatable bonds is 7. The van der Waals surface area contributed by atoms with Crippen molar-refractivity contribution in [3.63, 3.8) is 0 Å². The lowest BCUT2D eigenvalue weighted by Gasteiger charge is -2.33. The number of likely N-dealkylation sites (tertiary alicyclic amines) is 1. The molecule has 1 fully saturated rings. The van der Waals surface area contributed by atoms with E-state index in [1.54, 1.807) is 11.3 Å². The summed E-state index contributed by atoms with van der Waals surface area (Å²) in [5.41, 5.74) is 2.59. The predicted octanol–water partition coefficient (Wildman–Crippen LogP) is 3.65. The van der Waals surface area contributed by atoms with Crippen LogP contribution in [0.15, 0.2) is 46.1 Å². The smallest absolute Gasteiger partial charge is 0.191 e. The Morgan fingerprint density at radius 1 is 1.29 bits per heavy atom. The molecule has 1 aliphatic heterocycles. The van der Waals surface area contributed by atoms with E-state index in [1.165, 1.54) is 5.56 Å². The summed E-state index contributed by atoms with van der Waals surface area (Å²) in [5.74, 6) is 1.80. The number of piperidine rings is 1. The van der Waals surface area contributed by atoms with E-state index in [9.17, 15) is 0 Å². The highest BCUT2D eigenvalue weighted by molar-refractivity contribution is 7.07. The zero-order valence-corrected chi connectivity index (χ0v) is 18.0. The lowest BCUT2D eigenvalue weighted by molar-refractivity contribution is 0.197. The van der Waals surface area contributed by atoms with Gasteiger partial charge in [0.1, 0.15) is 11.9 Å². The Kier molecular flexibility index (Phi) is 7.74. The van der Waals surface area contributed by atoms with Gasteiger partial charge in [0, 0.05) is 32.7 Å². The van der Waals surface area contributed by atoms with Gasteiger partial charge in [0.2, 0.25) is 0 Å². The Morgan fingerprint density at radius 2 is 2.07 bits per heavy atom. The zero-order valence-electron chi connectivity index (χ0n) is 17.1. The topological polar surface area (TPSA) is 48.9 Å². The number of hydrogen-bond donors (Lipinski definition) is 2. The van der Waals surface area contributed by atoms with Gasteiger partial charge in [-0.15, -0.1) is 0 Å². The van der Waals surface area contributed by atoms with Gasteiger partial charge in [0.25, 0.3) is 0 Å². The molecule has 6 heteroatoms. The van der Waals surface area contributed by atoms with E-state index in [0.29, 0.717) is 12.6 Å². The highest BCUT2D eigenvalue weighted by Gasteiger charge is 2.20. The maximum absolute atomic E-state index is 6.04. The third-order valence-corrected chi connectivity index (χ3v) is 5.85. The summed E-state index contributed by atoms with van der Waals surface area (Å²) in [6.45, 7) is 8.17. The van der Waals surface area contributed by atoms with Crippen LogP contribution in [0.25, 0.3) is 0 Å². The minimum atomic E-state index is 0.0621. The molecule has 2 aromatic rings. The van der Waals surface area contributed by atoms with Gasteiger partial charge in [-0.25, -0.2) is 0 Å². The lowest BCUT2D eigenvalue weighted by atomic mass is 10.0. The molecule has 0 saturated carbocycles. The van der Waals surface area contributed by atoms with Gasteiger partial charge in [0.05, 0.1) is 6.54 Å². The van der Waals surface area contributed by atoms with E-state index in [1.807, 2.05) is 25.2 Å². The highest BCUT2D eigenvalue weighted by atomic mass is 32.1. The third kappa shape index (κ3) is 6.24. The first-order chi connectivity index (χ1) is 13.6. The molecule has 1 saturated heterocycles. The largest absolute Gasteiger partial charge is 0.489 e. The Labute approximate surface area is 172 Å². The average molecular weight is 401 g/mol. The number of aryl methyl sites for hydroxylation is 1. The molecule has 28 heavy (non-hydrogen) atoms. The van der Waals surface area contributed by atoms with Crippen LogP contribution in [0.5, 0.6) is 5.75 Å².